The normalized spacial score (nSPS) is 16.0. The molecule has 0 N–H and O–H groups in total. The van der Waals surface area contributed by atoms with Gasteiger partial charge in [0.1, 0.15) is 0 Å². The summed E-state index contributed by atoms with van der Waals surface area (Å²) in [6.45, 7) is 6.83. The lowest BCUT2D eigenvalue weighted by molar-refractivity contribution is 0.162. The highest BCUT2D eigenvalue weighted by molar-refractivity contribution is 5.15. The molecule has 170 valence electrons. The van der Waals surface area contributed by atoms with Gasteiger partial charge in [0, 0.05) is 25.5 Å². The van der Waals surface area contributed by atoms with Crippen LogP contribution in [0.15, 0.2) is 42.7 Å². The van der Waals surface area contributed by atoms with Gasteiger partial charge in [0.15, 0.2) is 0 Å². The summed E-state index contributed by atoms with van der Waals surface area (Å²) in [6, 6.07) is 10.8. The van der Waals surface area contributed by atoms with Gasteiger partial charge < -0.3 is 9.80 Å². The average molecular weight is 413 g/mol. The Morgan fingerprint density at radius 1 is 0.600 bits per heavy atom. The SMILES string of the molecule is CCCCCCCCCCCCCCCCCN1C=CN(Cc2ccccc2)C1C. The van der Waals surface area contributed by atoms with Crippen LogP contribution in [0.5, 0.6) is 0 Å². The van der Waals surface area contributed by atoms with E-state index < -0.39 is 0 Å². The van der Waals surface area contributed by atoms with Crippen LogP contribution < -0.4 is 0 Å². The first-order valence-corrected chi connectivity index (χ1v) is 13.0. The molecule has 2 nitrogen and oxygen atoms in total. The average Bonchev–Trinajstić information content (AvgIpc) is 3.11. The third kappa shape index (κ3) is 10.5. The molecule has 1 aliphatic rings. The second-order valence-corrected chi connectivity index (χ2v) is 9.28. The van der Waals surface area contributed by atoms with Crippen LogP contribution in [-0.2, 0) is 6.54 Å². The van der Waals surface area contributed by atoms with Gasteiger partial charge in [-0.15, -0.1) is 0 Å². The molecule has 2 rings (SSSR count). The van der Waals surface area contributed by atoms with E-state index in [4.69, 9.17) is 0 Å². The fourth-order valence-electron chi connectivity index (χ4n) is 4.52. The van der Waals surface area contributed by atoms with E-state index in [-0.39, 0.29) is 0 Å². The molecule has 0 saturated heterocycles. The van der Waals surface area contributed by atoms with E-state index in [1.807, 2.05) is 0 Å². The van der Waals surface area contributed by atoms with Crippen LogP contribution in [0.25, 0.3) is 0 Å². The Balaban J connectivity index is 1.37. The number of hydrogen-bond acceptors (Lipinski definition) is 2. The fraction of sp³-hybridized carbons (Fsp3) is 0.714. The Bertz CT molecular complexity index is 539. The van der Waals surface area contributed by atoms with Crippen molar-refractivity contribution >= 4 is 0 Å². The Morgan fingerprint density at radius 3 is 1.60 bits per heavy atom. The van der Waals surface area contributed by atoms with E-state index in [1.54, 1.807) is 0 Å². The van der Waals surface area contributed by atoms with Gasteiger partial charge in [0.2, 0.25) is 0 Å². The molecule has 1 aromatic rings. The van der Waals surface area contributed by atoms with Crippen LogP contribution >= 0.6 is 0 Å². The van der Waals surface area contributed by atoms with Crippen molar-refractivity contribution in [3.63, 3.8) is 0 Å². The highest BCUT2D eigenvalue weighted by Crippen LogP contribution is 2.20. The minimum Gasteiger partial charge on any atom is -0.356 e. The van der Waals surface area contributed by atoms with Crippen LogP contribution in [-0.4, -0.2) is 22.5 Å². The van der Waals surface area contributed by atoms with Crippen molar-refractivity contribution < 1.29 is 0 Å². The summed E-state index contributed by atoms with van der Waals surface area (Å²) in [7, 11) is 0. The molecule has 0 aromatic heterocycles. The van der Waals surface area contributed by atoms with Crippen molar-refractivity contribution in [3.8, 4) is 0 Å². The third-order valence-electron chi connectivity index (χ3n) is 6.64. The second-order valence-electron chi connectivity index (χ2n) is 9.28. The van der Waals surface area contributed by atoms with Crippen LogP contribution in [0, 0.1) is 0 Å². The maximum absolute atomic E-state index is 2.51. The van der Waals surface area contributed by atoms with Crippen molar-refractivity contribution in [2.24, 2.45) is 0 Å². The molecular weight excluding hydrogens is 364 g/mol. The van der Waals surface area contributed by atoms with E-state index in [9.17, 15) is 0 Å². The number of rotatable bonds is 18. The van der Waals surface area contributed by atoms with Gasteiger partial charge in [-0.1, -0.05) is 127 Å². The minimum absolute atomic E-state index is 0.483. The molecule has 0 saturated carbocycles. The molecule has 1 heterocycles. The lowest BCUT2D eigenvalue weighted by atomic mass is 10.0. The Hall–Kier alpha value is -1.44. The van der Waals surface area contributed by atoms with Crippen molar-refractivity contribution in [1.82, 2.24) is 9.80 Å². The number of hydrogen-bond donors (Lipinski definition) is 0. The maximum Gasteiger partial charge on any atom is 0.0981 e. The standard InChI is InChI=1S/C28H48N2/c1-3-4-5-6-7-8-9-10-11-12-13-14-15-16-20-23-29-24-25-30(27(29)2)26-28-21-18-17-19-22-28/h17-19,21-22,24-25,27H,3-16,20,23,26H2,1-2H3. The largest absolute Gasteiger partial charge is 0.356 e. The van der Waals surface area contributed by atoms with Crippen LogP contribution in [0.2, 0.25) is 0 Å². The minimum atomic E-state index is 0.483. The summed E-state index contributed by atoms with van der Waals surface area (Å²) in [5.74, 6) is 0. The Labute approximate surface area is 187 Å². The molecule has 2 heteroatoms. The first kappa shape index (κ1) is 24.8. The summed E-state index contributed by atoms with van der Waals surface area (Å²) in [6.07, 6.45) is 26.5. The fourth-order valence-corrected chi connectivity index (χ4v) is 4.52. The maximum atomic E-state index is 2.51. The zero-order valence-corrected chi connectivity index (χ0v) is 20.0. The summed E-state index contributed by atoms with van der Waals surface area (Å²) in [5, 5.41) is 0. The highest BCUT2D eigenvalue weighted by atomic mass is 15.4. The van der Waals surface area contributed by atoms with Gasteiger partial charge in [-0.05, 0) is 18.9 Å². The molecule has 1 aliphatic heterocycles. The van der Waals surface area contributed by atoms with E-state index in [1.165, 1.54) is 108 Å². The van der Waals surface area contributed by atoms with E-state index >= 15 is 0 Å². The molecular formula is C28H48N2. The number of benzene rings is 1. The van der Waals surface area contributed by atoms with Crippen molar-refractivity contribution in [2.45, 2.75) is 123 Å². The molecule has 0 amide bonds. The summed E-state index contributed by atoms with van der Waals surface area (Å²) in [5.41, 5.74) is 1.39. The first-order valence-electron chi connectivity index (χ1n) is 13.0. The Kier molecular flexibility index (Phi) is 13.5. The lowest BCUT2D eigenvalue weighted by Gasteiger charge is -2.30. The molecule has 0 spiro atoms. The molecule has 1 aromatic carbocycles. The van der Waals surface area contributed by atoms with Crippen LogP contribution in [0.3, 0.4) is 0 Å². The molecule has 30 heavy (non-hydrogen) atoms. The van der Waals surface area contributed by atoms with Gasteiger partial charge in [0.05, 0.1) is 6.17 Å². The monoisotopic (exact) mass is 412 g/mol. The van der Waals surface area contributed by atoms with Gasteiger partial charge in [-0.25, -0.2) is 0 Å². The first-order chi connectivity index (χ1) is 14.8. The highest BCUT2D eigenvalue weighted by Gasteiger charge is 2.21. The van der Waals surface area contributed by atoms with Crippen molar-refractivity contribution in [3.05, 3.63) is 48.3 Å². The van der Waals surface area contributed by atoms with Gasteiger partial charge in [-0.2, -0.15) is 0 Å². The summed E-state index contributed by atoms with van der Waals surface area (Å²) >= 11 is 0. The molecule has 1 atom stereocenters. The Morgan fingerprint density at radius 2 is 1.07 bits per heavy atom. The zero-order chi connectivity index (χ0) is 21.3. The van der Waals surface area contributed by atoms with Gasteiger partial charge in [0.25, 0.3) is 0 Å². The predicted octanol–water partition coefficient (Wildman–Crippen LogP) is 8.49. The third-order valence-corrected chi connectivity index (χ3v) is 6.64. The summed E-state index contributed by atoms with van der Waals surface area (Å²) < 4.78 is 0. The van der Waals surface area contributed by atoms with E-state index in [2.05, 4.69) is 66.4 Å². The topological polar surface area (TPSA) is 6.48 Å². The smallest absolute Gasteiger partial charge is 0.0981 e. The molecule has 0 aliphatic carbocycles. The van der Waals surface area contributed by atoms with E-state index in [0.29, 0.717) is 6.17 Å². The summed E-state index contributed by atoms with van der Waals surface area (Å²) in [4.78, 5) is 4.95. The zero-order valence-electron chi connectivity index (χ0n) is 20.0. The van der Waals surface area contributed by atoms with Crippen molar-refractivity contribution in [2.75, 3.05) is 6.54 Å². The van der Waals surface area contributed by atoms with Crippen molar-refractivity contribution in [1.29, 1.82) is 0 Å². The molecule has 1 unspecified atom stereocenters. The number of unbranched alkanes of at least 4 members (excludes halogenated alkanes) is 14. The van der Waals surface area contributed by atoms with Crippen LogP contribution in [0.4, 0.5) is 0 Å². The lowest BCUT2D eigenvalue weighted by Crippen LogP contribution is -2.36. The van der Waals surface area contributed by atoms with Gasteiger partial charge in [-0.3, -0.25) is 0 Å². The molecule has 0 radical (unpaired) electrons. The quantitative estimate of drug-likeness (QED) is 0.223. The molecule has 0 bridgehead atoms. The molecule has 0 fully saturated rings. The van der Waals surface area contributed by atoms with Crippen LogP contribution in [0.1, 0.15) is 116 Å². The van der Waals surface area contributed by atoms with E-state index in [0.717, 1.165) is 6.54 Å². The van der Waals surface area contributed by atoms with Gasteiger partial charge >= 0.3 is 0 Å². The predicted molar refractivity (Wildman–Crippen MR) is 132 cm³/mol. The second kappa shape index (κ2) is 16.3. The number of nitrogens with zero attached hydrogens (tertiary/aromatic N) is 2.